The summed E-state index contributed by atoms with van der Waals surface area (Å²) in [6.45, 7) is 0. The maximum absolute atomic E-state index is 11.1. The third kappa shape index (κ3) is 4.15. The van der Waals surface area contributed by atoms with Crippen molar-refractivity contribution < 1.29 is 25.7 Å². The Morgan fingerprint density at radius 1 is 0.362 bits per heavy atom. The molecule has 0 saturated carbocycles. The Kier molecular flexibility index (Phi) is 4.10. The van der Waals surface area contributed by atoms with Crippen LogP contribution in [0.2, 0.25) is 0 Å². The van der Waals surface area contributed by atoms with Crippen molar-refractivity contribution in [3.05, 3.63) is 222 Å². The monoisotopic (exact) mass is 749 g/mol. The van der Waals surface area contributed by atoms with Gasteiger partial charge in [-0.05, 0) is 144 Å². The van der Waals surface area contributed by atoms with Gasteiger partial charge in [0.25, 0.3) is 0 Å². The topological polar surface area (TPSA) is 20.2 Å². The van der Waals surface area contributed by atoms with Gasteiger partial charge in [-0.2, -0.15) is 0 Å². The Labute approximate surface area is 356 Å². The van der Waals surface area contributed by atoms with E-state index in [1.54, 1.807) is 12.1 Å². The van der Waals surface area contributed by atoms with Crippen molar-refractivity contribution in [1.82, 2.24) is 0 Å². The van der Waals surface area contributed by atoms with E-state index in [0.29, 0.717) is 21.9 Å². The van der Waals surface area contributed by atoms with Crippen molar-refractivity contribution in [1.29, 1.82) is 0 Å². The minimum atomic E-state index is -2.89. The van der Waals surface area contributed by atoms with Crippen LogP contribution in [0.1, 0.15) is 42.8 Å². The molecule has 0 unspecified atom stereocenters. The van der Waals surface area contributed by atoms with Gasteiger partial charge < -0.3 is 5.11 Å². The molecule has 0 amide bonds. The van der Waals surface area contributed by atoms with Crippen molar-refractivity contribution in [3.63, 3.8) is 0 Å². The fraction of sp³-hybridized carbons (Fsp3) is 0.0175. The summed E-state index contributed by atoms with van der Waals surface area (Å²) in [4.78, 5) is 0. The minimum absolute atomic E-state index is 0.170. The molecule has 1 nitrogen and oxygen atoms in total. The fourth-order valence-electron chi connectivity index (χ4n) is 9.61. The molecule has 0 aliphatic heterocycles. The van der Waals surface area contributed by atoms with Crippen molar-refractivity contribution in [2.24, 2.45) is 0 Å². The van der Waals surface area contributed by atoms with Gasteiger partial charge in [0, 0.05) is 0 Å². The van der Waals surface area contributed by atoms with E-state index in [-0.39, 0.29) is 11.1 Å². The molecule has 0 fully saturated rings. The normalized spacial score (nSPS) is 17.0. The summed E-state index contributed by atoms with van der Waals surface area (Å²) in [5, 5.41) is 21.0. The molecule has 12 aromatic carbocycles. The molecule has 0 saturated heterocycles. The van der Waals surface area contributed by atoms with Crippen LogP contribution in [0.5, 0.6) is 5.75 Å². The van der Waals surface area contributed by atoms with Gasteiger partial charge >= 0.3 is 0 Å². The van der Waals surface area contributed by atoms with Crippen LogP contribution >= 0.6 is 0 Å². The molecule has 0 heterocycles. The third-order valence-electron chi connectivity index (χ3n) is 12.1. The Morgan fingerprint density at radius 2 is 0.776 bits per heavy atom. The maximum atomic E-state index is 11.1. The first-order valence-corrected chi connectivity index (χ1v) is 18.9. The van der Waals surface area contributed by atoms with Crippen LogP contribution in [0.3, 0.4) is 0 Å². The molecule has 0 radical (unpaired) electrons. The second-order valence-corrected chi connectivity index (χ2v) is 14.9. The third-order valence-corrected chi connectivity index (χ3v) is 12.1. The molecule has 0 bridgehead atoms. The molecule has 1 aliphatic rings. The predicted octanol–water partition coefficient (Wildman–Crippen LogP) is 14.9. The lowest BCUT2D eigenvalue weighted by Gasteiger charge is -2.34. The molecule has 1 heteroatoms. The van der Waals surface area contributed by atoms with E-state index in [1.807, 2.05) is 97.1 Å². The Hall–Kier alpha value is -7.48. The molecular formula is C57H34O. The lowest BCUT2D eigenvalue weighted by atomic mass is 9.67. The Morgan fingerprint density at radius 3 is 1.26 bits per heavy atom. The van der Waals surface area contributed by atoms with Gasteiger partial charge in [-0.3, -0.25) is 0 Å². The molecule has 0 aromatic heterocycles. The minimum Gasteiger partial charge on any atom is -0.508 e. The number of aromatic hydroxyl groups is 1. The average molecular weight is 750 g/mol. The SMILES string of the molecule is [2H]c1c([2H])c([2H])c(C2(c3c([2H])c([2H])c(O)c([2H])c3[2H])c3c([2H])c(-c4ccc5ccc6cccc7ccc4c5c67)c([2H])c([2H])c3-c3c([2H])c([2H])c(-c4ccc5ccc6cccc7ccc4c5c67)c([2H])c32)c([2H])c1[2H]. The fourth-order valence-corrected chi connectivity index (χ4v) is 9.61. The van der Waals surface area contributed by atoms with Gasteiger partial charge in [0.1, 0.15) is 5.75 Å². The molecule has 0 spiro atoms. The number of hydrogen-bond acceptors (Lipinski definition) is 1. The van der Waals surface area contributed by atoms with Crippen LogP contribution in [0.25, 0.3) is 98.0 Å². The number of hydrogen-bond donors (Lipinski definition) is 1. The molecular weight excluding hydrogens is 701 g/mol. The first-order valence-electron chi connectivity index (χ1n) is 26.4. The summed E-state index contributed by atoms with van der Waals surface area (Å²) in [6.07, 6.45) is 0. The molecule has 1 aliphatic carbocycles. The number of benzene rings is 12. The summed E-state index contributed by atoms with van der Waals surface area (Å²) < 4.78 is 145. The van der Waals surface area contributed by atoms with Gasteiger partial charge in [0.2, 0.25) is 0 Å². The van der Waals surface area contributed by atoms with E-state index in [1.165, 1.54) is 0 Å². The van der Waals surface area contributed by atoms with Crippen LogP contribution in [-0.2, 0) is 5.41 Å². The van der Waals surface area contributed by atoms with Crippen LogP contribution in [0.15, 0.2) is 200 Å². The summed E-state index contributed by atoms with van der Waals surface area (Å²) in [5.74, 6) is -1.07. The average Bonchev–Trinajstić information content (AvgIpc) is 3.72. The largest absolute Gasteiger partial charge is 0.508 e. The lowest BCUT2D eigenvalue weighted by molar-refractivity contribution is 0.475. The standard InChI is InChI=1S/C57H34O/c58-44-24-22-43(23-25-44)57(42-10-2-1-3-11-42)51-32-40(45-26-16-38-14-12-34-6-4-8-36-18-30-49(45)55(38)53(34)36)20-28-47(51)48-29-21-41(33-52(48)57)46-27-17-39-15-13-35-7-5-9-37-19-31-50(46)56(39)54(35)37/h1-33,58H/i1D,2D,3D,10D,11D,20D,21D,22D,23D,24D,25D,28D,29D,32D,33D. The van der Waals surface area contributed by atoms with Gasteiger partial charge in [-0.15, -0.1) is 0 Å². The van der Waals surface area contributed by atoms with Crippen LogP contribution in [0, 0.1) is 0 Å². The van der Waals surface area contributed by atoms with Crippen molar-refractivity contribution >= 4 is 64.6 Å². The molecule has 1 N–H and O–H groups in total. The van der Waals surface area contributed by atoms with Crippen LogP contribution < -0.4 is 0 Å². The Bertz CT molecular complexity index is 4150. The smallest absolute Gasteiger partial charge is 0.115 e. The van der Waals surface area contributed by atoms with E-state index in [0.717, 1.165) is 53.9 Å². The van der Waals surface area contributed by atoms with Gasteiger partial charge in [-0.1, -0.05) is 176 Å². The molecule has 13 rings (SSSR count). The molecule has 268 valence electrons. The van der Waals surface area contributed by atoms with E-state index < -0.39 is 135 Å². The zero-order valence-electron chi connectivity index (χ0n) is 45.3. The predicted molar refractivity (Wildman–Crippen MR) is 244 cm³/mol. The number of phenolic OH excluding ortho intramolecular Hbond substituents is 1. The second kappa shape index (κ2) is 11.5. The van der Waals surface area contributed by atoms with Crippen molar-refractivity contribution in [2.45, 2.75) is 5.41 Å². The number of fused-ring (bicyclic) bond motifs is 3. The summed E-state index contributed by atoms with van der Waals surface area (Å²) >= 11 is 0. The molecule has 0 atom stereocenters. The Balaban J connectivity index is 1.28. The highest BCUT2D eigenvalue weighted by Crippen LogP contribution is 2.58. The van der Waals surface area contributed by atoms with E-state index in [4.69, 9.17) is 6.85 Å². The maximum Gasteiger partial charge on any atom is 0.115 e. The molecule has 58 heavy (non-hydrogen) atoms. The lowest BCUT2D eigenvalue weighted by Crippen LogP contribution is -2.28. The second-order valence-electron chi connectivity index (χ2n) is 14.9. The number of phenols is 1. The summed E-state index contributed by atoms with van der Waals surface area (Å²) in [5.41, 5.74) is -5.79. The van der Waals surface area contributed by atoms with E-state index in [2.05, 4.69) is 0 Å². The van der Waals surface area contributed by atoms with Crippen LogP contribution in [0.4, 0.5) is 0 Å². The highest BCUT2D eigenvalue weighted by atomic mass is 16.3. The quantitative estimate of drug-likeness (QED) is 0.178. The van der Waals surface area contributed by atoms with Gasteiger partial charge in [0.15, 0.2) is 0 Å². The first kappa shape index (κ1) is 20.6. The van der Waals surface area contributed by atoms with E-state index in [9.17, 15) is 18.8 Å². The summed E-state index contributed by atoms with van der Waals surface area (Å²) in [7, 11) is 0. The van der Waals surface area contributed by atoms with Crippen molar-refractivity contribution in [3.8, 4) is 39.1 Å². The zero-order valence-corrected chi connectivity index (χ0v) is 30.3. The van der Waals surface area contributed by atoms with Gasteiger partial charge in [-0.25, -0.2) is 0 Å². The van der Waals surface area contributed by atoms with Crippen LogP contribution in [-0.4, -0.2) is 5.11 Å². The highest BCUT2D eigenvalue weighted by Gasteiger charge is 2.46. The number of rotatable bonds is 4. The summed E-state index contributed by atoms with van der Waals surface area (Å²) in [6, 6.07) is 22.4. The zero-order chi connectivity index (χ0) is 51.2. The van der Waals surface area contributed by atoms with Crippen molar-refractivity contribution in [2.75, 3.05) is 0 Å². The van der Waals surface area contributed by atoms with Gasteiger partial charge in [0.05, 0.1) is 26.0 Å². The van der Waals surface area contributed by atoms with E-state index >= 15 is 0 Å². The first-order chi connectivity index (χ1) is 34.9. The highest BCUT2D eigenvalue weighted by molar-refractivity contribution is 6.26. The molecule has 12 aromatic rings.